The molecule has 0 radical (unpaired) electrons. The third-order valence-electron chi connectivity index (χ3n) is 4.59. The molecule has 0 unspecified atom stereocenters. The van der Waals surface area contributed by atoms with Gasteiger partial charge in [0.05, 0.1) is 22.2 Å². The van der Waals surface area contributed by atoms with Crippen LogP contribution in [0.2, 0.25) is 0 Å². The summed E-state index contributed by atoms with van der Waals surface area (Å²) in [7, 11) is 1.07. The standard InChI is InChI=1S/C21H19F3O3S2/c1-2-3-4-5-13-6-9-16(18(10-13)21(22,23)24)17-11-14-7-8-15(28-29-26)12-19(14)27-20(17)25/h6-12,26H,2-5H2,1H3. The molecular weight excluding hydrogens is 421 g/mol. The molecule has 3 nitrogen and oxygen atoms in total. The predicted octanol–water partition coefficient (Wildman–Crippen LogP) is 7.42. The highest BCUT2D eigenvalue weighted by Gasteiger charge is 2.34. The Morgan fingerprint density at radius 1 is 1.03 bits per heavy atom. The monoisotopic (exact) mass is 440 g/mol. The van der Waals surface area contributed by atoms with Gasteiger partial charge in [-0.2, -0.15) is 13.2 Å². The van der Waals surface area contributed by atoms with Crippen molar-refractivity contribution in [2.24, 2.45) is 0 Å². The lowest BCUT2D eigenvalue weighted by Gasteiger charge is -2.15. The highest BCUT2D eigenvalue weighted by Crippen LogP contribution is 2.38. The first-order valence-electron chi connectivity index (χ1n) is 9.10. The van der Waals surface area contributed by atoms with E-state index in [1.165, 1.54) is 12.1 Å². The van der Waals surface area contributed by atoms with Crippen LogP contribution >= 0.6 is 21.9 Å². The van der Waals surface area contributed by atoms with E-state index in [9.17, 15) is 18.0 Å². The largest absolute Gasteiger partial charge is 0.422 e. The van der Waals surface area contributed by atoms with Gasteiger partial charge >= 0.3 is 11.8 Å². The van der Waals surface area contributed by atoms with Crippen molar-refractivity contribution in [3.8, 4) is 11.1 Å². The Hall–Kier alpha value is -1.90. The zero-order valence-electron chi connectivity index (χ0n) is 15.6. The molecule has 0 saturated heterocycles. The maximum absolute atomic E-state index is 13.7. The first kappa shape index (κ1) is 21.8. The van der Waals surface area contributed by atoms with Crippen molar-refractivity contribution < 1.29 is 22.1 Å². The SMILES string of the molecule is CCCCCc1ccc(-c2cc3ccc(SSO)cc3oc2=O)c(C(F)(F)F)c1. The van der Waals surface area contributed by atoms with E-state index in [1.807, 2.05) is 6.92 Å². The van der Waals surface area contributed by atoms with Crippen molar-refractivity contribution in [1.29, 1.82) is 0 Å². The van der Waals surface area contributed by atoms with E-state index < -0.39 is 17.4 Å². The maximum Gasteiger partial charge on any atom is 0.417 e. The molecule has 154 valence electrons. The van der Waals surface area contributed by atoms with E-state index >= 15 is 0 Å². The van der Waals surface area contributed by atoms with Gasteiger partial charge in [0, 0.05) is 15.8 Å². The van der Waals surface area contributed by atoms with Crippen molar-refractivity contribution in [2.45, 2.75) is 43.7 Å². The van der Waals surface area contributed by atoms with Gasteiger partial charge in [-0.15, -0.1) is 0 Å². The zero-order valence-corrected chi connectivity index (χ0v) is 17.2. The number of unbranched alkanes of at least 4 members (excludes halogenated alkanes) is 2. The minimum absolute atomic E-state index is 0.123. The smallest absolute Gasteiger partial charge is 0.417 e. The van der Waals surface area contributed by atoms with Crippen molar-refractivity contribution in [3.05, 3.63) is 64.0 Å². The molecule has 3 aromatic rings. The average molecular weight is 441 g/mol. The summed E-state index contributed by atoms with van der Waals surface area (Å²) >= 11 is 0.552. The van der Waals surface area contributed by atoms with Crippen LogP contribution in [-0.4, -0.2) is 4.55 Å². The first-order chi connectivity index (χ1) is 13.8. The van der Waals surface area contributed by atoms with Gasteiger partial charge < -0.3 is 8.97 Å². The van der Waals surface area contributed by atoms with Crippen LogP contribution in [0.1, 0.15) is 37.3 Å². The number of hydrogen-bond acceptors (Lipinski definition) is 5. The van der Waals surface area contributed by atoms with Gasteiger partial charge in [0.2, 0.25) is 0 Å². The number of hydrogen-bond donors (Lipinski definition) is 1. The van der Waals surface area contributed by atoms with E-state index in [2.05, 4.69) is 0 Å². The van der Waals surface area contributed by atoms with Crippen molar-refractivity contribution in [2.75, 3.05) is 0 Å². The molecule has 0 saturated carbocycles. The lowest BCUT2D eigenvalue weighted by atomic mass is 9.95. The topological polar surface area (TPSA) is 50.4 Å². The normalized spacial score (nSPS) is 11.9. The first-order valence-corrected chi connectivity index (χ1v) is 11.2. The Kier molecular flexibility index (Phi) is 6.97. The van der Waals surface area contributed by atoms with E-state index in [-0.39, 0.29) is 16.7 Å². The highest BCUT2D eigenvalue weighted by atomic mass is 33.1. The second kappa shape index (κ2) is 9.28. The molecule has 0 aliphatic rings. The van der Waals surface area contributed by atoms with Gasteiger partial charge in [-0.1, -0.05) is 38.0 Å². The van der Waals surface area contributed by atoms with Crippen LogP contribution in [0.3, 0.4) is 0 Å². The van der Waals surface area contributed by atoms with Crippen LogP contribution in [0.4, 0.5) is 13.2 Å². The van der Waals surface area contributed by atoms with Crippen LogP contribution in [0, 0.1) is 0 Å². The number of benzene rings is 2. The third-order valence-corrected chi connectivity index (χ3v) is 5.91. The number of alkyl halides is 3. The van der Waals surface area contributed by atoms with E-state index in [1.54, 1.807) is 24.3 Å². The average Bonchev–Trinajstić information content (AvgIpc) is 2.67. The lowest BCUT2D eigenvalue weighted by Crippen LogP contribution is -2.12. The van der Waals surface area contributed by atoms with Crippen LogP contribution in [0.15, 0.2) is 56.6 Å². The van der Waals surface area contributed by atoms with Crippen molar-refractivity contribution >= 4 is 32.8 Å². The fourth-order valence-electron chi connectivity index (χ4n) is 3.17. The molecule has 0 fully saturated rings. The van der Waals surface area contributed by atoms with Crippen LogP contribution in [0.5, 0.6) is 0 Å². The van der Waals surface area contributed by atoms with E-state index in [4.69, 9.17) is 8.97 Å². The van der Waals surface area contributed by atoms with Gasteiger partial charge in [0.25, 0.3) is 0 Å². The fourth-order valence-corrected chi connectivity index (χ4v) is 4.10. The third kappa shape index (κ3) is 5.18. The van der Waals surface area contributed by atoms with E-state index in [0.29, 0.717) is 33.3 Å². The van der Waals surface area contributed by atoms with Crippen LogP contribution in [0.25, 0.3) is 22.1 Å². The van der Waals surface area contributed by atoms with Crippen molar-refractivity contribution in [1.82, 2.24) is 0 Å². The molecule has 3 rings (SSSR count). The molecule has 29 heavy (non-hydrogen) atoms. The van der Waals surface area contributed by atoms with E-state index in [0.717, 1.165) is 36.1 Å². The molecule has 0 aliphatic carbocycles. The molecule has 1 aromatic heterocycles. The number of rotatable bonds is 7. The molecule has 0 spiro atoms. The summed E-state index contributed by atoms with van der Waals surface area (Å²) in [6.07, 6.45) is -1.27. The summed E-state index contributed by atoms with van der Waals surface area (Å²) in [4.78, 5) is 13.1. The molecule has 0 atom stereocenters. The molecule has 1 N–H and O–H groups in total. The highest BCUT2D eigenvalue weighted by molar-refractivity contribution is 8.74. The Labute approximate surface area is 173 Å². The minimum Gasteiger partial charge on any atom is -0.422 e. The summed E-state index contributed by atoms with van der Waals surface area (Å²) in [5.41, 5.74) is -1.12. The Morgan fingerprint density at radius 3 is 2.52 bits per heavy atom. The molecular formula is C21H19F3O3S2. The molecule has 0 bridgehead atoms. The Bertz CT molecular complexity index is 1060. The summed E-state index contributed by atoms with van der Waals surface area (Å²) in [6.45, 7) is 2.04. The summed E-state index contributed by atoms with van der Waals surface area (Å²) in [5.74, 6) is 0. The van der Waals surface area contributed by atoms with Gasteiger partial charge in [0.15, 0.2) is 0 Å². The second-order valence-corrected chi connectivity index (χ2v) is 8.37. The Balaban J connectivity index is 2.08. The van der Waals surface area contributed by atoms with Gasteiger partial charge in [0.1, 0.15) is 5.58 Å². The predicted molar refractivity (Wildman–Crippen MR) is 112 cm³/mol. The van der Waals surface area contributed by atoms with Gasteiger partial charge in [-0.05, 0) is 53.5 Å². The van der Waals surface area contributed by atoms with Gasteiger partial charge in [-0.3, -0.25) is 0 Å². The quantitative estimate of drug-likeness (QED) is 0.179. The molecule has 0 aliphatic heterocycles. The summed E-state index contributed by atoms with van der Waals surface area (Å²) in [5, 5.41) is 0.507. The number of fused-ring (bicyclic) bond motifs is 1. The lowest BCUT2D eigenvalue weighted by molar-refractivity contribution is -0.137. The van der Waals surface area contributed by atoms with Gasteiger partial charge in [-0.25, -0.2) is 4.79 Å². The number of aryl methyl sites for hydroxylation is 1. The molecule has 8 heteroatoms. The Morgan fingerprint density at radius 2 is 1.83 bits per heavy atom. The summed E-state index contributed by atoms with van der Waals surface area (Å²) in [6, 6.07) is 10.5. The van der Waals surface area contributed by atoms with Crippen molar-refractivity contribution in [3.63, 3.8) is 0 Å². The number of halogens is 3. The fraction of sp³-hybridized carbons (Fsp3) is 0.286. The van der Waals surface area contributed by atoms with Crippen LogP contribution < -0.4 is 5.63 Å². The zero-order chi connectivity index (χ0) is 21.0. The molecule has 0 amide bonds. The second-order valence-electron chi connectivity index (χ2n) is 6.64. The maximum atomic E-state index is 13.7. The van der Waals surface area contributed by atoms with Crippen LogP contribution in [-0.2, 0) is 12.6 Å². The minimum atomic E-state index is -4.59. The summed E-state index contributed by atoms with van der Waals surface area (Å²) < 4.78 is 55.4. The molecule has 2 aromatic carbocycles. The molecule has 1 heterocycles.